The third kappa shape index (κ3) is 3.20. The number of nitrogens with one attached hydrogen (secondary N) is 1. The van der Waals surface area contributed by atoms with Crippen molar-refractivity contribution >= 4 is 11.8 Å². The topological polar surface area (TPSA) is 52.7 Å². The monoisotopic (exact) mass is 363 g/mol. The van der Waals surface area contributed by atoms with Gasteiger partial charge in [-0.1, -0.05) is 12.1 Å². The third-order valence-corrected chi connectivity index (χ3v) is 5.76. The van der Waals surface area contributed by atoms with Crippen LogP contribution in [0.4, 0.5) is 8.78 Å². The van der Waals surface area contributed by atoms with Gasteiger partial charge in [0, 0.05) is 38.1 Å². The molecule has 3 aliphatic rings. The van der Waals surface area contributed by atoms with Crippen LogP contribution < -0.4 is 5.32 Å². The van der Waals surface area contributed by atoms with Crippen molar-refractivity contribution in [2.45, 2.75) is 31.2 Å². The highest BCUT2D eigenvalue weighted by atomic mass is 19.2. The van der Waals surface area contributed by atoms with Crippen molar-refractivity contribution in [2.24, 2.45) is 5.92 Å². The second kappa shape index (κ2) is 6.95. The number of likely N-dealkylation sites (tertiary alicyclic amines) is 1. The first-order valence-electron chi connectivity index (χ1n) is 9.29. The van der Waals surface area contributed by atoms with Gasteiger partial charge in [-0.05, 0) is 36.8 Å². The Morgan fingerprint density at radius 1 is 1.23 bits per heavy atom. The number of benzene rings is 1. The van der Waals surface area contributed by atoms with Crippen molar-refractivity contribution in [3.63, 3.8) is 0 Å². The maximum Gasteiger partial charge on any atom is 0.236 e. The average Bonchev–Trinajstić information content (AvgIpc) is 3.44. The van der Waals surface area contributed by atoms with Crippen LogP contribution >= 0.6 is 0 Å². The number of halogens is 2. The van der Waals surface area contributed by atoms with Gasteiger partial charge in [-0.25, -0.2) is 8.78 Å². The molecule has 1 aromatic rings. The standard InChI is InChI=1S/C19H23F2N3O2/c20-16-5-1-4-13(18(16)21)14-9-15(14)19(26)23-7-2-3-12(11-23)24-8-6-22-10-17(24)25/h1,4-5,12,14-15,22H,2-3,6-11H2. The molecule has 2 aliphatic heterocycles. The molecule has 1 aliphatic carbocycles. The highest BCUT2D eigenvalue weighted by molar-refractivity contribution is 5.83. The summed E-state index contributed by atoms with van der Waals surface area (Å²) < 4.78 is 27.4. The predicted molar refractivity (Wildman–Crippen MR) is 91.4 cm³/mol. The minimum absolute atomic E-state index is 0.00550. The summed E-state index contributed by atoms with van der Waals surface area (Å²) >= 11 is 0. The van der Waals surface area contributed by atoms with E-state index in [-0.39, 0.29) is 29.7 Å². The molecule has 0 radical (unpaired) electrons. The molecular weight excluding hydrogens is 340 g/mol. The molecule has 3 fully saturated rings. The zero-order valence-corrected chi connectivity index (χ0v) is 14.6. The van der Waals surface area contributed by atoms with Crippen LogP contribution in [0.1, 0.15) is 30.7 Å². The lowest BCUT2D eigenvalue weighted by molar-refractivity contribution is -0.141. The van der Waals surface area contributed by atoms with E-state index in [4.69, 9.17) is 0 Å². The minimum atomic E-state index is -0.865. The molecule has 1 N–H and O–H groups in total. The summed E-state index contributed by atoms with van der Waals surface area (Å²) in [5.41, 5.74) is 0.300. The number of piperazine rings is 1. The van der Waals surface area contributed by atoms with E-state index in [0.29, 0.717) is 38.2 Å². The lowest BCUT2D eigenvalue weighted by Crippen LogP contribution is -2.57. The Morgan fingerprint density at radius 3 is 2.88 bits per heavy atom. The number of carbonyl (C=O) groups is 2. The molecule has 3 atom stereocenters. The maximum atomic E-state index is 14.0. The highest BCUT2D eigenvalue weighted by Crippen LogP contribution is 2.49. The number of carbonyl (C=O) groups excluding carboxylic acids is 2. The van der Waals surface area contributed by atoms with Crippen molar-refractivity contribution < 1.29 is 18.4 Å². The Kier molecular flexibility index (Phi) is 4.65. The van der Waals surface area contributed by atoms with Crippen LogP contribution in [-0.2, 0) is 9.59 Å². The van der Waals surface area contributed by atoms with Gasteiger partial charge < -0.3 is 15.1 Å². The zero-order valence-electron chi connectivity index (χ0n) is 14.6. The van der Waals surface area contributed by atoms with Crippen molar-refractivity contribution in [2.75, 3.05) is 32.7 Å². The first-order valence-corrected chi connectivity index (χ1v) is 9.29. The minimum Gasteiger partial charge on any atom is -0.340 e. The summed E-state index contributed by atoms with van der Waals surface area (Å²) in [5, 5.41) is 3.06. The Hall–Kier alpha value is -2.02. The highest BCUT2D eigenvalue weighted by Gasteiger charge is 2.48. The van der Waals surface area contributed by atoms with Crippen molar-refractivity contribution in [1.82, 2.24) is 15.1 Å². The van der Waals surface area contributed by atoms with E-state index < -0.39 is 11.6 Å². The normalized spacial score (nSPS) is 29.0. The zero-order chi connectivity index (χ0) is 18.3. The lowest BCUT2D eigenvalue weighted by Gasteiger charge is -2.41. The number of amides is 2. The van der Waals surface area contributed by atoms with Crippen molar-refractivity contribution in [3.05, 3.63) is 35.4 Å². The molecule has 1 aromatic carbocycles. The van der Waals surface area contributed by atoms with E-state index in [1.165, 1.54) is 6.07 Å². The smallest absolute Gasteiger partial charge is 0.236 e. The quantitative estimate of drug-likeness (QED) is 0.885. The van der Waals surface area contributed by atoms with Gasteiger partial charge in [0.1, 0.15) is 0 Å². The van der Waals surface area contributed by atoms with Crippen LogP contribution in [0.25, 0.3) is 0 Å². The van der Waals surface area contributed by atoms with Gasteiger partial charge in [0.25, 0.3) is 0 Å². The molecule has 4 rings (SSSR count). The summed E-state index contributed by atoms with van der Waals surface area (Å²) in [7, 11) is 0. The number of hydrogen-bond donors (Lipinski definition) is 1. The molecule has 1 saturated carbocycles. The van der Waals surface area contributed by atoms with Crippen LogP contribution in [0.2, 0.25) is 0 Å². The first kappa shape index (κ1) is 17.4. The lowest BCUT2D eigenvalue weighted by atomic mass is 10.0. The van der Waals surface area contributed by atoms with Crippen LogP contribution in [0, 0.1) is 17.6 Å². The van der Waals surface area contributed by atoms with Crippen LogP contribution in [0.3, 0.4) is 0 Å². The largest absolute Gasteiger partial charge is 0.340 e. The predicted octanol–water partition coefficient (Wildman–Crippen LogP) is 1.49. The maximum absolute atomic E-state index is 14.0. The fraction of sp³-hybridized carbons (Fsp3) is 0.579. The Bertz CT molecular complexity index is 727. The molecule has 3 unspecified atom stereocenters. The second-order valence-corrected chi connectivity index (χ2v) is 7.44. The van der Waals surface area contributed by atoms with E-state index >= 15 is 0 Å². The molecular formula is C19H23F2N3O2. The fourth-order valence-corrected chi connectivity index (χ4v) is 4.27. The molecule has 0 aromatic heterocycles. The Balaban J connectivity index is 1.41. The van der Waals surface area contributed by atoms with Crippen LogP contribution in [-0.4, -0.2) is 60.4 Å². The number of rotatable bonds is 3. The Morgan fingerprint density at radius 2 is 2.08 bits per heavy atom. The summed E-state index contributed by atoms with van der Waals surface area (Å²) in [6.45, 7) is 3.02. The van der Waals surface area contributed by atoms with Crippen LogP contribution in [0.5, 0.6) is 0 Å². The molecule has 2 heterocycles. The molecule has 5 nitrogen and oxygen atoms in total. The molecule has 26 heavy (non-hydrogen) atoms. The third-order valence-electron chi connectivity index (χ3n) is 5.76. The summed E-state index contributed by atoms with van der Waals surface area (Å²) in [5.74, 6) is -2.12. The number of piperidine rings is 1. The number of hydrogen-bond acceptors (Lipinski definition) is 3. The van der Waals surface area contributed by atoms with Gasteiger partial charge in [0.2, 0.25) is 11.8 Å². The van der Waals surface area contributed by atoms with Gasteiger partial charge in [0.15, 0.2) is 11.6 Å². The molecule has 0 spiro atoms. The molecule has 2 saturated heterocycles. The van der Waals surface area contributed by atoms with E-state index in [1.807, 2.05) is 9.80 Å². The van der Waals surface area contributed by atoms with Gasteiger partial charge in [-0.15, -0.1) is 0 Å². The molecule has 140 valence electrons. The Labute approximate surface area is 151 Å². The summed E-state index contributed by atoms with van der Waals surface area (Å²) in [6, 6.07) is 4.21. The SMILES string of the molecule is O=C(C1CC1c1cccc(F)c1F)N1CCCC(N2CCNCC2=O)C1. The van der Waals surface area contributed by atoms with Crippen molar-refractivity contribution in [3.8, 4) is 0 Å². The van der Waals surface area contributed by atoms with E-state index in [2.05, 4.69) is 5.32 Å². The molecule has 7 heteroatoms. The van der Waals surface area contributed by atoms with Gasteiger partial charge in [-0.2, -0.15) is 0 Å². The second-order valence-electron chi connectivity index (χ2n) is 7.44. The number of nitrogens with zero attached hydrogens (tertiary/aromatic N) is 2. The van der Waals surface area contributed by atoms with Gasteiger partial charge in [-0.3, -0.25) is 9.59 Å². The van der Waals surface area contributed by atoms with Gasteiger partial charge >= 0.3 is 0 Å². The van der Waals surface area contributed by atoms with Gasteiger partial charge in [0.05, 0.1) is 6.54 Å². The van der Waals surface area contributed by atoms with E-state index in [0.717, 1.165) is 25.5 Å². The van der Waals surface area contributed by atoms with E-state index in [9.17, 15) is 18.4 Å². The summed E-state index contributed by atoms with van der Waals surface area (Å²) in [4.78, 5) is 28.6. The summed E-state index contributed by atoms with van der Waals surface area (Å²) in [6.07, 6.45) is 2.33. The molecule has 2 amide bonds. The van der Waals surface area contributed by atoms with Crippen molar-refractivity contribution in [1.29, 1.82) is 0 Å². The first-order chi connectivity index (χ1) is 12.6. The fourth-order valence-electron chi connectivity index (χ4n) is 4.27. The average molecular weight is 363 g/mol. The van der Waals surface area contributed by atoms with E-state index in [1.54, 1.807) is 6.07 Å². The van der Waals surface area contributed by atoms with Crippen LogP contribution in [0.15, 0.2) is 18.2 Å². The molecule has 0 bridgehead atoms.